The number of nitrogens with zero attached hydrogens (tertiary/aromatic N) is 2. The van der Waals surface area contributed by atoms with E-state index >= 15 is 0 Å². The average molecular weight is 316 g/mol. The summed E-state index contributed by atoms with van der Waals surface area (Å²) in [5.41, 5.74) is 2.42. The number of hydrogen-bond acceptors (Lipinski definition) is 4. The molecular weight excluding hydrogens is 300 g/mol. The second-order valence-corrected chi connectivity index (χ2v) is 5.16. The van der Waals surface area contributed by atoms with Crippen LogP contribution in [0.3, 0.4) is 0 Å². The Morgan fingerprint density at radius 3 is 1.33 bits per heavy atom. The Bertz CT molecular complexity index is 798. The van der Waals surface area contributed by atoms with Gasteiger partial charge in [-0.15, -0.1) is 0 Å². The Labute approximate surface area is 140 Å². The largest absolute Gasteiger partial charge is 0.507 e. The van der Waals surface area contributed by atoms with Crippen LogP contribution in [0.5, 0.6) is 11.5 Å². The number of phenols is 2. The smallest absolute Gasteiger partial charge is 0.125 e. The zero-order valence-corrected chi connectivity index (χ0v) is 12.9. The summed E-state index contributed by atoms with van der Waals surface area (Å²) in [7, 11) is 0. The Morgan fingerprint density at radius 1 is 0.583 bits per heavy atom. The molecule has 0 atom stereocenters. The van der Waals surface area contributed by atoms with Crippen LogP contribution < -0.4 is 0 Å². The first-order valence-corrected chi connectivity index (χ1v) is 7.46. The van der Waals surface area contributed by atoms with Crippen LogP contribution in [0, 0.1) is 0 Å². The Hall–Kier alpha value is -3.40. The van der Waals surface area contributed by atoms with E-state index in [1.54, 1.807) is 0 Å². The minimum absolute atomic E-state index is 0.0296. The van der Waals surface area contributed by atoms with Crippen molar-refractivity contribution in [3.63, 3.8) is 0 Å². The summed E-state index contributed by atoms with van der Waals surface area (Å²) in [4.78, 5) is 8.54. The van der Waals surface area contributed by atoms with Crippen LogP contribution >= 0.6 is 0 Å². The lowest BCUT2D eigenvalue weighted by Gasteiger charge is -2.04. The molecular formula is C20H16N2O2. The van der Waals surface area contributed by atoms with E-state index in [9.17, 15) is 10.2 Å². The van der Waals surface area contributed by atoms with Gasteiger partial charge in [0.1, 0.15) is 11.5 Å². The number of aromatic hydroxyl groups is 2. The number of hydrogen-bond donors (Lipinski definition) is 2. The maximum absolute atomic E-state index is 10.1. The van der Waals surface area contributed by atoms with Crippen LogP contribution in [0.4, 0.5) is 11.4 Å². The van der Waals surface area contributed by atoms with Crippen LogP contribution in [0.25, 0.3) is 0 Å². The van der Waals surface area contributed by atoms with Crippen molar-refractivity contribution in [3.05, 3.63) is 83.9 Å². The van der Waals surface area contributed by atoms with Crippen molar-refractivity contribution in [1.29, 1.82) is 0 Å². The minimum atomic E-state index is 0.0296. The predicted octanol–water partition coefficient (Wildman–Crippen LogP) is 4.60. The Kier molecular flexibility index (Phi) is 4.68. The molecule has 0 aromatic heterocycles. The first-order valence-electron chi connectivity index (χ1n) is 7.46. The van der Waals surface area contributed by atoms with Gasteiger partial charge < -0.3 is 10.2 Å². The number of phenolic OH excluding ortho intramolecular Hbond substituents is 2. The van der Waals surface area contributed by atoms with Gasteiger partial charge in [-0.2, -0.15) is 0 Å². The molecule has 118 valence electrons. The fourth-order valence-electron chi connectivity index (χ4n) is 2.13. The Balaban J connectivity index is 1.83. The molecule has 0 unspecified atom stereocenters. The van der Waals surface area contributed by atoms with E-state index in [0.717, 1.165) is 11.4 Å². The van der Waals surface area contributed by atoms with Crippen molar-refractivity contribution >= 4 is 23.8 Å². The molecule has 0 bridgehead atoms. The molecule has 0 saturated heterocycles. The van der Waals surface area contributed by atoms with Crippen molar-refractivity contribution in [1.82, 2.24) is 0 Å². The average Bonchev–Trinajstić information content (AvgIpc) is 2.62. The summed E-state index contributed by atoms with van der Waals surface area (Å²) in [6.07, 6.45) is 3.03. The number of rotatable bonds is 4. The van der Waals surface area contributed by atoms with E-state index in [4.69, 9.17) is 0 Å². The molecule has 0 aliphatic carbocycles. The molecule has 0 aliphatic rings. The molecule has 0 aliphatic heterocycles. The fourth-order valence-corrected chi connectivity index (χ4v) is 2.13. The molecule has 4 heteroatoms. The molecule has 0 spiro atoms. The minimum Gasteiger partial charge on any atom is -0.507 e. The third-order valence-corrected chi connectivity index (χ3v) is 3.39. The van der Waals surface area contributed by atoms with Crippen molar-refractivity contribution < 1.29 is 10.2 Å². The van der Waals surface area contributed by atoms with E-state index < -0.39 is 0 Å². The molecule has 3 rings (SSSR count). The third kappa shape index (κ3) is 3.87. The Morgan fingerprint density at radius 2 is 0.958 bits per heavy atom. The topological polar surface area (TPSA) is 65.2 Å². The highest BCUT2D eigenvalue weighted by Gasteiger charge is 2.06. The fraction of sp³-hybridized carbons (Fsp3) is 0. The van der Waals surface area contributed by atoms with Gasteiger partial charge in [0.05, 0.1) is 11.4 Å². The van der Waals surface area contributed by atoms with Gasteiger partial charge in [-0.05, 0) is 36.4 Å². The highest BCUT2D eigenvalue weighted by Crippen LogP contribution is 2.26. The molecule has 0 heterocycles. The van der Waals surface area contributed by atoms with Crippen molar-refractivity contribution in [2.45, 2.75) is 0 Å². The van der Waals surface area contributed by atoms with Crippen molar-refractivity contribution in [3.8, 4) is 11.5 Å². The summed E-state index contributed by atoms with van der Waals surface area (Å²) in [5.74, 6) is 0.0592. The lowest BCUT2D eigenvalue weighted by molar-refractivity contribution is 0.459. The van der Waals surface area contributed by atoms with Crippen LogP contribution in [0.2, 0.25) is 0 Å². The van der Waals surface area contributed by atoms with Crippen molar-refractivity contribution in [2.75, 3.05) is 0 Å². The second-order valence-electron chi connectivity index (χ2n) is 5.16. The first kappa shape index (κ1) is 15.5. The van der Waals surface area contributed by atoms with E-state index in [0.29, 0.717) is 11.1 Å². The number of aliphatic imine (C=N–C) groups is 2. The first-order chi connectivity index (χ1) is 11.7. The van der Waals surface area contributed by atoms with Gasteiger partial charge in [-0.1, -0.05) is 36.4 Å². The van der Waals surface area contributed by atoms with Crippen LogP contribution in [-0.4, -0.2) is 22.6 Å². The summed E-state index contributed by atoms with van der Waals surface area (Å²) in [6.45, 7) is 0. The number of benzene rings is 3. The van der Waals surface area contributed by atoms with E-state index in [1.165, 1.54) is 24.6 Å². The SMILES string of the molecule is Oc1cc(C=Nc2ccccc2)c(O)cc1C=Nc1ccccc1. The van der Waals surface area contributed by atoms with E-state index in [2.05, 4.69) is 9.98 Å². The van der Waals surface area contributed by atoms with Gasteiger partial charge in [0, 0.05) is 23.6 Å². The van der Waals surface area contributed by atoms with Gasteiger partial charge in [0.15, 0.2) is 0 Å². The summed E-state index contributed by atoms with van der Waals surface area (Å²) < 4.78 is 0. The normalized spacial score (nSPS) is 11.3. The number of para-hydroxylation sites is 2. The second kappa shape index (κ2) is 7.24. The van der Waals surface area contributed by atoms with Gasteiger partial charge in [0.2, 0.25) is 0 Å². The standard InChI is InChI=1S/C20H16N2O2/c23-19-12-16(14-22-18-9-5-2-6-10-18)20(24)11-15(19)13-21-17-7-3-1-4-8-17/h1-14,23-24H. The molecule has 0 radical (unpaired) electrons. The van der Waals surface area contributed by atoms with Gasteiger partial charge in [-0.3, -0.25) is 9.98 Å². The molecule has 0 amide bonds. The zero-order valence-electron chi connectivity index (χ0n) is 12.9. The summed E-state index contributed by atoms with van der Waals surface area (Å²) in [6, 6.07) is 21.7. The molecule has 4 nitrogen and oxygen atoms in total. The van der Waals surface area contributed by atoms with E-state index in [-0.39, 0.29) is 11.5 Å². The molecule has 3 aromatic carbocycles. The maximum Gasteiger partial charge on any atom is 0.125 e. The lowest BCUT2D eigenvalue weighted by atomic mass is 10.1. The monoisotopic (exact) mass is 316 g/mol. The predicted molar refractivity (Wildman–Crippen MR) is 97.2 cm³/mol. The van der Waals surface area contributed by atoms with E-state index in [1.807, 2.05) is 60.7 Å². The summed E-state index contributed by atoms with van der Waals surface area (Å²) in [5, 5.41) is 20.3. The lowest BCUT2D eigenvalue weighted by Crippen LogP contribution is -1.88. The zero-order chi connectivity index (χ0) is 16.8. The van der Waals surface area contributed by atoms with Crippen LogP contribution in [-0.2, 0) is 0 Å². The van der Waals surface area contributed by atoms with Gasteiger partial charge >= 0.3 is 0 Å². The molecule has 3 aromatic rings. The molecule has 0 fully saturated rings. The van der Waals surface area contributed by atoms with Crippen LogP contribution in [0.15, 0.2) is 82.8 Å². The molecule has 24 heavy (non-hydrogen) atoms. The quantitative estimate of drug-likeness (QED) is 0.546. The van der Waals surface area contributed by atoms with Crippen LogP contribution in [0.1, 0.15) is 11.1 Å². The summed E-state index contributed by atoms with van der Waals surface area (Å²) >= 11 is 0. The maximum atomic E-state index is 10.1. The highest BCUT2D eigenvalue weighted by atomic mass is 16.3. The van der Waals surface area contributed by atoms with Gasteiger partial charge in [-0.25, -0.2) is 0 Å². The van der Waals surface area contributed by atoms with Gasteiger partial charge in [0.25, 0.3) is 0 Å². The third-order valence-electron chi connectivity index (χ3n) is 3.39. The molecule has 0 saturated carbocycles. The molecule has 2 N–H and O–H groups in total. The highest BCUT2D eigenvalue weighted by molar-refractivity contribution is 5.91. The van der Waals surface area contributed by atoms with Crippen molar-refractivity contribution in [2.24, 2.45) is 9.98 Å².